The molecule has 1 heterocycles. The summed E-state index contributed by atoms with van der Waals surface area (Å²) in [6, 6.07) is 13.1. The SMILES string of the molecule is CCOc1ccccc1/C=C/C(=O)NC(C)c1ccc2c(c1)OCO2. The van der Waals surface area contributed by atoms with Gasteiger partial charge in [-0.2, -0.15) is 0 Å². The number of fused-ring (bicyclic) bond motifs is 1. The number of hydrogen-bond acceptors (Lipinski definition) is 4. The van der Waals surface area contributed by atoms with Crippen LogP contribution in [0, 0.1) is 0 Å². The molecule has 0 saturated heterocycles. The Bertz CT molecular complexity index is 785. The molecule has 130 valence electrons. The quantitative estimate of drug-likeness (QED) is 0.815. The predicted molar refractivity (Wildman–Crippen MR) is 95.8 cm³/mol. The van der Waals surface area contributed by atoms with Crippen molar-refractivity contribution in [1.82, 2.24) is 5.32 Å². The van der Waals surface area contributed by atoms with E-state index in [0.29, 0.717) is 12.4 Å². The number of rotatable bonds is 6. The lowest BCUT2D eigenvalue weighted by Crippen LogP contribution is -2.24. The third-order valence-corrected chi connectivity index (χ3v) is 3.89. The van der Waals surface area contributed by atoms with Gasteiger partial charge < -0.3 is 19.5 Å². The molecule has 0 spiro atoms. The molecule has 0 fully saturated rings. The van der Waals surface area contributed by atoms with Gasteiger partial charge in [-0.3, -0.25) is 4.79 Å². The highest BCUT2D eigenvalue weighted by Gasteiger charge is 2.16. The van der Waals surface area contributed by atoms with Gasteiger partial charge in [0.25, 0.3) is 0 Å². The minimum absolute atomic E-state index is 0.145. The molecule has 5 heteroatoms. The number of hydrogen-bond donors (Lipinski definition) is 1. The lowest BCUT2D eigenvalue weighted by molar-refractivity contribution is -0.117. The van der Waals surface area contributed by atoms with Gasteiger partial charge in [-0.15, -0.1) is 0 Å². The van der Waals surface area contributed by atoms with Crippen LogP contribution in [0.5, 0.6) is 17.2 Å². The van der Waals surface area contributed by atoms with Gasteiger partial charge in [-0.1, -0.05) is 24.3 Å². The molecule has 0 saturated carbocycles. The van der Waals surface area contributed by atoms with Crippen LogP contribution in [0.1, 0.15) is 31.0 Å². The molecule has 1 aliphatic heterocycles. The lowest BCUT2D eigenvalue weighted by Gasteiger charge is -2.13. The standard InChI is InChI=1S/C20H21NO4/c1-3-23-17-7-5-4-6-15(17)9-11-20(22)21-14(2)16-8-10-18-19(12-16)25-13-24-18/h4-12,14H,3,13H2,1-2H3,(H,21,22)/b11-9+. The summed E-state index contributed by atoms with van der Waals surface area (Å²) in [7, 11) is 0. The minimum Gasteiger partial charge on any atom is -0.493 e. The third kappa shape index (κ3) is 4.12. The molecular formula is C20H21NO4. The zero-order chi connectivity index (χ0) is 17.6. The van der Waals surface area contributed by atoms with Crippen LogP contribution in [0.3, 0.4) is 0 Å². The van der Waals surface area contributed by atoms with Gasteiger partial charge in [-0.05, 0) is 43.7 Å². The van der Waals surface area contributed by atoms with E-state index in [0.717, 1.165) is 22.6 Å². The van der Waals surface area contributed by atoms with E-state index in [4.69, 9.17) is 14.2 Å². The summed E-state index contributed by atoms with van der Waals surface area (Å²) in [6.45, 7) is 4.68. The summed E-state index contributed by atoms with van der Waals surface area (Å²) in [4.78, 5) is 12.2. The van der Waals surface area contributed by atoms with Crippen molar-refractivity contribution in [2.75, 3.05) is 13.4 Å². The number of amides is 1. The molecule has 1 aliphatic rings. The molecule has 0 aliphatic carbocycles. The maximum atomic E-state index is 12.2. The molecule has 1 amide bonds. The highest BCUT2D eigenvalue weighted by Crippen LogP contribution is 2.34. The Morgan fingerprint density at radius 1 is 1.24 bits per heavy atom. The van der Waals surface area contributed by atoms with Gasteiger partial charge in [0, 0.05) is 11.6 Å². The second-order valence-electron chi connectivity index (χ2n) is 5.65. The van der Waals surface area contributed by atoms with Crippen molar-refractivity contribution in [2.24, 2.45) is 0 Å². The summed E-state index contributed by atoms with van der Waals surface area (Å²) in [5, 5.41) is 2.95. The molecule has 25 heavy (non-hydrogen) atoms. The second-order valence-corrected chi connectivity index (χ2v) is 5.65. The molecule has 0 radical (unpaired) electrons. The zero-order valence-electron chi connectivity index (χ0n) is 14.3. The van der Waals surface area contributed by atoms with Crippen LogP contribution in [0.25, 0.3) is 6.08 Å². The summed E-state index contributed by atoms with van der Waals surface area (Å²) < 4.78 is 16.2. The lowest BCUT2D eigenvalue weighted by atomic mass is 10.1. The number of carbonyl (C=O) groups is 1. The second kappa shape index (κ2) is 7.75. The molecule has 1 N–H and O–H groups in total. The Morgan fingerprint density at radius 2 is 2.04 bits per heavy atom. The molecule has 0 aromatic heterocycles. The largest absolute Gasteiger partial charge is 0.493 e. The summed E-state index contributed by atoms with van der Waals surface area (Å²) in [5.41, 5.74) is 1.83. The number of benzene rings is 2. The van der Waals surface area contributed by atoms with Gasteiger partial charge in [-0.25, -0.2) is 0 Å². The van der Waals surface area contributed by atoms with E-state index < -0.39 is 0 Å². The van der Waals surface area contributed by atoms with Crippen molar-refractivity contribution in [3.63, 3.8) is 0 Å². The average Bonchev–Trinajstić information content (AvgIpc) is 3.09. The minimum atomic E-state index is -0.170. The number of ether oxygens (including phenoxy) is 3. The van der Waals surface area contributed by atoms with Gasteiger partial charge in [0.1, 0.15) is 5.75 Å². The highest BCUT2D eigenvalue weighted by atomic mass is 16.7. The molecule has 1 atom stereocenters. The molecule has 1 unspecified atom stereocenters. The molecule has 2 aromatic carbocycles. The Kier molecular flexibility index (Phi) is 5.23. The van der Waals surface area contributed by atoms with Crippen LogP contribution >= 0.6 is 0 Å². The van der Waals surface area contributed by atoms with E-state index in [1.54, 1.807) is 6.08 Å². The van der Waals surface area contributed by atoms with E-state index in [1.165, 1.54) is 6.08 Å². The third-order valence-electron chi connectivity index (χ3n) is 3.89. The summed E-state index contributed by atoms with van der Waals surface area (Å²) in [6.07, 6.45) is 3.27. The van der Waals surface area contributed by atoms with E-state index in [9.17, 15) is 4.79 Å². The average molecular weight is 339 g/mol. The fourth-order valence-electron chi connectivity index (χ4n) is 2.60. The normalized spacial score (nSPS) is 13.7. The first-order valence-corrected chi connectivity index (χ1v) is 8.27. The molecule has 2 aromatic rings. The predicted octanol–water partition coefficient (Wildman–Crippen LogP) is 3.70. The monoisotopic (exact) mass is 339 g/mol. The molecular weight excluding hydrogens is 318 g/mol. The van der Waals surface area contributed by atoms with Crippen molar-refractivity contribution in [3.05, 3.63) is 59.7 Å². The van der Waals surface area contributed by atoms with Gasteiger partial charge in [0.2, 0.25) is 12.7 Å². The smallest absolute Gasteiger partial charge is 0.244 e. The fraction of sp³-hybridized carbons (Fsp3) is 0.250. The van der Waals surface area contributed by atoms with Crippen LogP contribution in [-0.2, 0) is 4.79 Å². The maximum Gasteiger partial charge on any atom is 0.244 e. The van der Waals surface area contributed by atoms with Crippen molar-refractivity contribution in [1.29, 1.82) is 0 Å². The van der Waals surface area contributed by atoms with Crippen molar-refractivity contribution in [3.8, 4) is 17.2 Å². The van der Waals surface area contributed by atoms with Crippen LogP contribution in [0.15, 0.2) is 48.5 Å². The van der Waals surface area contributed by atoms with Crippen LogP contribution < -0.4 is 19.5 Å². The zero-order valence-corrected chi connectivity index (χ0v) is 14.3. The Labute approximate surface area is 147 Å². The Balaban J connectivity index is 1.64. The number of nitrogens with one attached hydrogen (secondary N) is 1. The first kappa shape index (κ1) is 16.9. The van der Waals surface area contributed by atoms with Gasteiger partial charge in [0.15, 0.2) is 11.5 Å². The van der Waals surface area contributed by atoms with Crippen LogP contribution in [-0.4, -0.2) is 19.3 Å². The van der Waals surface area contributed by atoms with Crippen LogP contribution in [0.4, 0.5) is 0 Å². The molecule has 5 nitrogen and oxygen atoms in total. The van der Waals surface area contributed by atoms with Crippen molar-refractivity contribution >= 4 is 12.0 Å². The first-order chi connectivity index (χ1) is 12.2. The number of para-hydroxylation sites is 1. The Hall–Kier alpha value is -2.95. The summed E-state index contributed by atoms with van der Waals surface area (Å²) >= 11 is 0. The highest BCUT2D eigenvalue weighted by molar-refractivity contribution is 5.92. The van der Waals surface area contributed by atoms with Gasteiger partial charge in [0.05, 0.1) is 12.6 Å². The van der Waals surface area contributed by atoms with Crippen LogP contribution in [0.2, 0.25) is 0 Å². The van der Waals surface area contributed by atoms with E-state index in [2.05, 4.69) is 5.32 Å². The topological polar surface area (TPSA) is 56.8 Å². The van der Waals surface area contributed by atoms with E-state index >= 15 is 0 Å². The first-order valence-electron chi connectivity index (χ1n) is 8.27. The molecule has 3 rings (SSSR count). The van der Waals surface area contributed by atoms with Crippen molar-refractivity contribution < 1.29 is 19.0 Å². The maximum absolute atomic E-state index is 12.2. The van der Waals surface area contributed by atoms with Gasteiger partial charge >= 0.3 is 0 Å². The molecule has 0 bridgehead atoms. The number of carbonyl (C=O) groups excluding carboxylic acids is 1. The van der Waals surface area contributed by atoms with E-state index in [-0.39, 0.29) is 18.7 Å². The fourth-order valence-corrected chi connectivity index (χ4v) is 2.60. The van der Waals surface area contributed by atoms with Crippen molar-refractivity contribution in [2.45, 2.75) is 19.9 Å². The summed E-state index contributed by atoms with van der Waals surface area (Å²) in [5.74, 6) is 2.03. The van der Waals surface area contributed by atoms with E-state index in [1.807, 2.05) is 56.3 Å². The Morgan fingerprint density at radius 3 is 2.88 bits per heavy atom.